The van der Waals surface area contributed by atoms with Gasteiger partial charge in [-0.25, -0.2) is 0 Å². The molecule has 0 bridgehead atoms. The van der Waals surface area contributed by atoms with E-state index in [1.807, 2.05) is 25.1 Å². The summed E-state index contributed by atoms with van der Waals surface area (Å²) in [6, 6.07) is 8.77. The van der Waals surface area contributed by atoms with Crippen molar-refractivity contribution in [1.29, 1.82) is 5.26 Å². The normalized spacial score (nSPS) is 20.4. The Labute approximate surface area is 103 Å². The number of nitrogens with one attached hydrogen (secondary N) is 2. The molecule has 1 aliphatic rings. The Balaban J connectivity index is 2.12. The number of rotatable bonds is 2. The largest absolute Gasteiger partial charge is 0.381 e. The van der Waals surface area contributed by atoms with Crippen LogP contribution in [0.15, 0.2) is 18.2 Å². The molecule has 0 aliphatic carbocycles. The SMILES string of the molecule is Cc1cccc(NC2CCCNCC2)c1C#N. The Bertz CT molecular complexity index is 412. The molecule has 0 saturated carbocycles. The predicted molar refractivity (Wildman–Crippen MR) is 70.0 cm³/mol. The van der Waals surface area contributed by atoms with Crippen LogP contribution < -0.4 is 10.6 Å². The van der Waals surface area contributed by atoms with E-state index >= 15 is 0 Å². The molecule has 1 saturated heterocycles. The van der Waals surface area contributed by atoms with E-state index in [0.717, 1.165) is 36.3 Å². The number of nitriles is 1. The van der Waals surface area contributed by atoms with E-state index in [1.54, 1.807) is 0 Å². The molecular weight excluding hydrogens is 210 g/mol. The summed E-state index contributed by atoms with van der Waals surface area (Å²) >= 11 is 0. The summed E-state index contributed by atoms with van der Waals surface area (Å²) in [6.45, 7) is 4.15. The van der Waals surface area contributed by atoms with Gasteiger partial charge in [-0.3, -0.25) is 0 Å². The number of nitrogens with zero attached hydrogens (tertiary/aromatic N) is 1. The molecule has 2 N–H and O–H groups in total. The van der Waals surface area contributed by atoms with Crippen molar-refractivity contribution in [3.63, 3.8) is 0 Å². The van der Waals surface area contributed by atoms with E-state index in [-0.39, 0.29) is 0 Å². The van der Waals surface area contributed by atoms with Crippen molar-refractivity contribution >= 4 is 5.69 Å². The second-order valence-electron chi connectivity index (χ2n) is 4.63. The van der Waals surface area contributed by atoms with Crippen LogP contribution in [0.2, 0.25) is 0 Å². The highest BCUT2D eigenvalue weighted by Gasteiger charge is 2.13. The monoisotopic (exact) mass is 229 g/mol. The highest BCUT2D eigenvalue weighted by atomic mass is 14.9. The first kappa shape index (κ1) is 11.9. The van der Waals surface area contributed by atoms with Crippen molar-refractivity contribution in [2.24, 2.45) is 0 Å². The molecule has 90 valence electrons. The standard InChI is InChI=1S/C14H19N3/c1-11-4-2-6-14(13(11)10-15)17-12-5-3-8-16-9-7-12/h2,4,6,12,16-17H,3,5,7-9H2,1H3. The van der Waals surface area contributed by atoms with Crippen LogP contribution in [-0.4, -0.2) is 19.1 Å². The zero-order valence-corrected chi connectivity index (χ0v) is 10.3. The Morgan fingerprint density at radius 2 is 2.24 bits per heavy atom. The molecular formula is C14H19N3. The molecule has 0 amide bonds. The van der Waals surface area contributed by atoms with Crippen LogP contribution in [0.3, 0.4) is 0 Å². The van der Waals surface area contributed by atoms with Gasteiger partial charge in [0.2, 0.25) is 0 Å². The Hall–Kier alpha value is -1.53. The minimum atomic E-state index is 0.485. The van der Waals surface area contributed by atoms with Crippen LogP contribution in [0.5, 0.6) is 0 Å². The van der Waals surface area contributed by atoms with Gasteiger partial charge in [0.25, 0.3) is 0 Å². The van der Waals surface area contributed by atoms with Crippen LogP contribution in [-0.2, 0) is 0 Å². The summed E-state index contributed by atoms with van der Waals surface area (Å²) in [4.78, 5) is 0. The number of anilines is 1. The molecule has 1 aliphatic heterocycles. The second-order valence-corrected chi connectivity index (χ2v) is 4.63. The molecule has 0 radical (unpaired) electrons. The van der Waals surface area contributed by atoms with E-state index in [1.165, 1.54) is 12.8 Å². The van der Waals surface area contributed by atoms with E-state index in [9.17, 15) is 5.26 Å². The first-order valence-electron chi connectivity index (χ1n) is 6.28. The molecule has 1 atom stereocenters. The summed E-state index contributed by atoms with van der Waals surface area (Å²) in [7, 11) is 0. The lowest BCUT2D eigenvalue weighted by atomic mass is 10.0. The summed E-state index contributed by atoms with van der Waals surface area (Å²) in [6.07, 6.45) is 3.50. The maximum Gasteiger partial charge on any atom is 0.102 e. The highest BCUT2D eigenvalue weighted by molar-refractivity contribution is 5.61. The van der Waals surface area contributed by atoms with Crippen LogP contribution in [0.4, 0.5) is 5.69 Å². The molecule has 1 aromatic rings. The van der Waals surface area contributed by atoms with Crippen LogP contribution in [0.25, 0.3) is 0 Å². The Kier molecular flexibility index (Phi) is 4.00. The zero-order valence-electron chi connectivity index (χ0n) is 10.3. The molecule has 3 heteroatoms. The first-order chi connectivity index (χ1) is 8.31. The fourth-order valence-electron chi connectivity index (χ4n) is 2.32. The third kappa shape index (κ3) is 2.98. The lowest BCUT2D eigenvalue weighted by Crippen LogP contribution is -2.22. The lowest BCUT2D eigenvalue weighted by molar-refractivity contribution is 0.637. The quantitative estimate of drug-likeness (QED) is 0.818. The Morgan fingerprint density at radius 3 is 3.06 bits per heavy atom. The summed E-state index contributed by atoms with van der Waals surface area (Å²) in [5, 5.41) is 16.1. The van der Waals surface area contributed by atoms with E-state index in [4.69, 9.17) is 0 Å². The van der Waals surface area contributed by atoms with Gasteiger partial charge in [-0.15, -0.1) is 0 Å². The van der Waals surface area contributed by atoms with E-state index in [0.29, 0.717) is 6.04 Å². The summed E-state index contributed by atoms with van der Waals surface area (Å²) in [5.41, 5.74) is 2.81. The van der Waals surface area contributed by atoms with Gasteiger partial charge < -0.3 is 10.6 Å². The number of aryl methyl sites for hydroxylation is 1. The van der Waals surface area contributed by atoms with E-state index in [2.05, 4.69) is 16.7 Å². The van der Waals surface area contributed by atoms with Crippen LogP contribution in [0.1, 0.15) is 30.4 Å². The van der Waals surface area contributed by atoms with Crippen LogP contribution in [0, 0.1) is 18.3 Å². The number of hydrogen-bond donors (Lipinski definition) is 2. The molecule has 0 aromatic heterocycles. The number of benzene rings is 1. The lowest BCUT2D eigenvalue weighted by Gasteiger charge is -2.18. The summed E-state index contributed by atoms with van der Waals surface area (Å²) in [5.74, 6) is 0. The molecule has 2 rings (SSSR count). The molecule has 1 fully saturated rings. The first-order valence-corrected chi connectivity index (χ1v) is 6.28. The van der Waals surface area contributed by atoms with Crippen molar-refractivity contribution in [3.05, 3.63) is 29.3 Å². The molecule has 0 spiro atoms. The van der Waals surface area contributed by atoms with Crippen LogP contribution >= 0.6 is 0 Å². The fourth-order valence-corrected chi connectivity index (χ4v) is 2.32. The van der Waals surface area contributed by atoms with Crippen molar-refractivity contribution in [1.82, 2.24) is 5.32 Å². The molecule has 1 heterocycles. The second kappa shape index (κ2) is 5.70. The van der Waals surface area contributed by atoms with Gasteiger partial charge >= 0.3 is 0 Å². The average Bonchev–Trinajstić information content (AvgIpc) is 2.58. The van der Waals surface area contributed by atoms with Gasteiger partial charge in [0.05, 0.1) is 11.3 Å². The average molecular weight is 229 g/mol. The summed E-state index contributed by atoms with van der Waals surface area (Å²) < 4.78 is 0. The molecule has 1 aromatic carbocycles. The van der Waals surface area contributed by atoms with Gasteiger partial charge in [0.1, 0.15) is 6.07 Å². The van der Waals surface area contributed by atoms with Crippen molar-refractivity contribution in [2.45, 2.75) is 32.2 Å². The maximum atomic E-state index is 9.18. The topological polar surface area (TPSA) is 47.8 Å². The third-order valence-electron chi connectivity index (χ3n) is 3.32. The van der Waals surface area contributed by atoms with Crippen molar-refractivity contribution in [3.8, 4) is 6.07 Å². The molecule has 3 nitrogen and oxygen atoms in total. The van der Waals surface area contributed by atoms with Gasteiger partial charge in [-0.1, -0.05) is 12.1 Å². The van der Waals surface area contributed by atoms with Crippen molar-refractivity contribution < 1.29 is 0 Å². The predicted octanol–water partition coefficient (Wildman–Crippen LogP) is 2.42. The fraction of sp³-hybridized carbons (Fsp3) is 0.500. The van der Waals surface area contributed by atoms with Gasteiger partial charge in [-0.2, -0.15) is 5.26 Å². The highest BCUT2D eigenvalue weighted by Crippen LogP contribution is 2.21. The number of hydrogen-bond acceptors (Lipinski definition) is 3. The Morgan fingerprint density at radius 1 is 1.35 bits per heavy atom. The van der Waals surface area contributed by atoms with E-state index < -0.39 is 0 Å². The smallest absolute Gasteiger partial charge is 0.102 e. The van der Waals surface area contributed by atoms with Gasteiger partial charge in [-0.05, 0) is 50.9 Å². The maximum absolute atomic E-state index is 9.18. The van der Waals surface area contributed by atoms with Gasteiger partial charge in [0.15, 0.2) is 0 Å². The third-order valence-corrected chi connectivity index (χ3v) is 3.32. The van der Waals surface area contributed by atoms with Crippen molar-refractivity contribution in [2.75, 3.05) is 18.4 Å². The minimum Gasteiger partial charge on any atom is -0.381 e. The molecule has 1 unspecified atom stereocenters. The minimum absolute atomic E-state index is 0.485. The van der Waals surface area contributed by atoms with Gasteiger partial charge in [0, 0.05) is 6.04 Å². The zero-order chi connectivity index (χ0) is 12.1. The molecule has 17 heavy (non-hydrogen) atoms.